The van der Waals surface area contributed by atoms with Crippen molar-refractivity contribution in [2.75, 3.05) is 5.32 Å². The van der Waals surface area contributed by atoms with Crippen LogP contribution in [0.25, 0.3) is 22.0 Å². The van der Waals surface area contributed by atoms with Gasteiger partial charge in [0.2, 0.25) is 5.91 Å². The number of benzene rings is 2. The predicted molar refractivity (Wildman–Crippen MR) is 96.1 cm³/mol. The van der Waals surface area contributed by atoms with Crippen molar-refractivity contribution >= 4 is 33.6 Å². The topological polar surface area (TPSA) is 110 Å². The number of aryl methyl sites for hydroxylation is 1. The average Bonchev–Trinajstić information content (AvgIpc) is 3.01. The number of amides is 1. The first-order chi connectivity index (χ1) is 12.6. The van der Waals surface area contributed by atoms with E-state index >= 15 is 0 Å². The maximum Gasteiger partial charge on any atom is 0.417 e. The Kier molecular flexibility index (Phi) is 3.85. The molecule has 26 heavy (non-hydrogen) atoms. The SMILES string of the molecule is O=C(CCn1cnc2ccccc2c1=O)Nc1ccc2oc(=O)[nH]c2c1. The molecule has 8 heteroatoms. The summed E-state index contributed by atoms with van der Waals surface area (Å²) in [5, 5.41) is 3.25. The molecule has 0 atom stereocenters. The van der Waals surface area contributed by atoms with Crippen LogP contribution in [0.5, 0.6) is 0 Å². The number of oxazole rings is 1. The minimum atomic E-state index is -0.549. The Morgan fingerprint density at radius 3 is 2.92 bits per heavy atom. The van der Waals surface area contributed by atoms with E-state index in [0.29, 0.717) is 27.7 Å². The lowest BCUT2D eigenvalue weighted by Crippen LogP contribution is -2.23. The van der Waals surface area contributed by atoms with Crippen LogP contribution in [0.4, 0.5) is 5.69 Å². The first-order valence-electron chi connectivity index (χ1n) is 7.97. The van der Waals surface area contributed by atoms with Crippen LogP contribution in [0.15, 0.2) is 62.8 Å². The molecule has 2 heterocycles. The third-order valence-electron chi connectivity index (χ3n) is 4.01. The molecule has 4 aromatic rings. The number of rotatable bonds is 4. The van der Waals surface area contributed by atoms with Crippen molar-refractivity contribution in [2.45, 2.75) is 13.0 Å². The van der Waals surface area contributed by atoms with Gasteiger partial charge in [-0.25, -0.2) is 9.78 Å². The smallest absolute Gasteiger partial charge is 0.408 e. The number of nitrogens with zero attached hydrogens (tertiary/aromatic N) is 2. The zero-order valence-electron chi connectivity index (χ0n) is 13.6. The first kappa shape index (κ1) is 15.8. The van der Waals surface area contributed by atoms with Crippen molar-refractivity contribution in [1.82, 2.24) is 14.5 Å². The normalized spacial score (nSPS) is 11.1. The van der Waals surface area contributed by atoms with Crippen LogP contribution >= 0.6 is 0 Å². The molecule has 8 nitrogen and oxygen atoms in total. The van der Waals surface area contributed by atoms with E-state index in [0.717, 1.165) is 0 Å². The number of nitrogens with one attached hydrogen (secondary N) is 2. The van der Waals surface area contributed by atoms with Gasteiger partial charge in [-0.2, -0.15) is 0 Å². The van der Waals surface area contributed by atoms with Crippen molar-refractivity contribution in [3.8, 4) is 0 Å². The van der Waals surface area contributed by atoms with E-state index in [9.17, 15) is 14.4 Å². The lowest BCUT2D eigenvalue weighted by molar-refractivity contribution is -0.116. The number of para-hydroxylation sites is 1. The molecule has 2 aromatic carbocycles. The summed E-state index contributed by atoms with van der Waals surface area (Å²) in [5.74, 6) is -0.804. The first-order valence-corrected chi connectivity index (χ1v) is 7.97. The molecule has 2 aromatic heterocycles. The highest BCUT2D eigenvalue weighted by atomic mass is 16.4. The summed E-state index contributed by atoms with van der Waals surface area (Å²) in [6.45, 7) is 0.216. The average molecular weight is 350 g/mol. The quantitative estimate of drug-likeness (QED) is 0.584. The Bertz CT molecular complexity index is 1240. The van der Waals surface area contributed by atoms with E-state index in [1.807, 2.05) is 6.07 Å². The number of aromatic nitrogens is 3. The molecule has 0 aliphatic carbocycles. The number of fused-ring (bicyclic) bond motifs is 2. The Hall–Kier alpha value is -3.68. The summed E-state index contributed by atoms with van der Waals surface area (Å²) in [7, 11) is 0. The van der Waals surface area contributed by atoms with E-state index < -0.39 is 5.76 Å². The highest BCUT2D eigenvalue weighted by molar-refractivity contribution is 5.92. The Labute approximate surface area is 146 Å². The summed E-state index contributed by atoms with van der Waals surface area (Å²) in [6.07, 6.45) is 1.56. The lowest BCUT2D eigenvalue weighted by Gasteiger charge is -2.07. The second-order valence-corrected chi connectivity index (χ2v) is 5.78. The molecular weight excluding hydrogens is 336 g/mol. The molecule has 0 fully saturated rings. The van der Waals surface area contributed by atoms with Crippen molar-refractivity contribution in [3.63, 3.8) is 0 Å². The maximum absolute atomic E-state index is 12.4. The van der Waals surface area contributed by atoms with Crippen LogP contribution in [0.2, 0.25) is 0 Å². The van der Waals surface area contributed by atoms with Crippen LogP contribution in [-0.4, -0.2) is 20.4 Å². The number of anilines is 1. The molecule has 0 bridgehead atoms. The minimum absolute atomic E-state index is 0.111. The molecule has 0 aliphatic rings. The van der Waals surface area contributed by atoms with E-state index in [4.69, 9.17) is 4.42 Å². The molecule has 0 saturated carbocycles. The molecule has 0 spiro atoms. The van der Waals surface area contributed by atoms with Gasteiger partial charge in [0.05, 0.1) is 22.7 Å². The van der Waals surface area contributed by atoms with Crippen LogP contribution < -0.4 is 16.6 Å². The zero-order chi connectivity index (χ0) is 18.1. The molecule has 0 aliphatic heterocycles. The zero-order valence-corrected chi connectivity index (χ0v) is 13.6. The van der Waals surface area contributed by atoms with Gasteiger partial charge in [0.25, 0.3) is 5.56 Å². The largest absolute Gasteiger partial charge is 0.417 e. The van der Waals surface area contributed by atoms with E-state index in [-0.39, 0.29) is 24.4 Å². The minimum Gasteiger partial charge on any atom is -0.408 e. The van der Waals surface area contributed by atoms with Crippen LogP contribution in [-0.2, 0) is 11.3 Å². The number of carbonyl (C=O) groups excluding carboxylic acids is 1. The van der Waals surface area contributed by atoms with Crippen molar-refractivity contribution in [3.05, 3.63) is 69.7 Å². The van der Waals surface area contributed by atoms with Gasteiger partial charge in [-0.3, -0.25) is 19.1 Å². The van der Waals surface area contributed by atoms with E-state index in [1.54, 1.807) is 36.4 Å². The van der Waals surface area contributed by atoms with Gasteiger partial charge in [-0.1, -0.05) is 12.1 Å². The van der Waals surface area contributed by atoms with Gasteiger partial charge < -0.3 is 9.73 Å². The Morgan fingerprint density at radius 2 is 2.04 bits per heavy atom. The van der Waals surface area contributed by atoms with Crippen molar-refractivity contribution in [1.29, 1.82) is 0 Å². The fourth-order valence-corrected chi connectivity index (χ4v) is 2.74. The monoisotopic (exact) mass is 350 g/mol. The number of hydrogen-bond donors (Lipinski definition) is 2. The van der Waals surface area contributed by atoms with Crippen LogP contribution in [0.1, 0.15) is 6.42 Å². The molecule has 130 valence electrons. The molecule has 0 saturated heterocycles. The summed E-state index contributed by atoms with van der Waals surface area (Å²) in [4.78, 5) is 42.5. The third-order valence-corrected chi connectivity index (χ3v) is 4.01. The van der Waals surface area contributed by atoms with E-state index in [1.165, 1.54) is 10.9 Å². The Balaban J connectivity index is 1.47. The fourth-order valence-electron chi connectivity index (χ4n) is 2.74. The fraction of sp³-hybridized carbons (Fsp3) is 0.111. The van der Waals surface area contributed by atoms with Crippen molar-refractivity contribution in [2.24, 2.45) is 0 Å². The highest BCUT2D eigenvalue weighted by Crippen LogP contribution is 2.16. The summed E-state index contributed by atoms with van der Waals surface area (Å²) in [6, 6.07) is 11.9. The molecular formula is C18H14N4O4. The number of hydrogen-bond acceptors (Lipinski definition) is 5. The summed E-state index contributed by atoms with van der Waals surface area (Å²) in [5.41, 5.74) is 1.90. The van der Waals surface area contributed by atoms with Gasteiger partial charge in [0.1, 0.15) is 0 Å². The molecule has 1 amide bonds. The number of H-pyrrole nitrogens is 1. The van der Waals surface area contributed by atoms with Gasteiger partial charge in [-0.15, -0.1) is 0 Å². The number of carbonyl (C=O) groups is 1. The summed E-state index contributed by atoms with van der Waals surface area (Å²) >= 11 is 0. The van der Waals surface area contributed by atoms with E-state index in [2.05, 4.69) is 15.3 Å². The highest BCUT2D eigenvalue weighted by Gasteiger charge is 2.08. The summed E-state index contributed by atoms with van der Waals surface area (Å²) < 4.78 is 6.33. The molecule has 4 rings (SSSR count). The standard InChI is InChI=1S/C18H14N4O4/c23-16(20-11-5-6-15-14(9-11)21-18(25)26-15)7-8-22-10-19-13-4-2-1-3-12(13)17(22)24/h1-6,9-10H,7-8H2,(H,20,23)(H,21,25). The lowest BCUT2D eigenvalue weighted by atomic mass is 10.2. The third kappa shape index (κ3) is 3.00. The van der Waals surface area contributed by atoms with Crippen molar-refractivity contribution < 1.29 is 9.21 Å². The Morgan fingerprint density at radius 1 is 1.19 bits per heavy atom. The van der Waals surface area contributed by atoms with Crippen LogP contribution in [0, 0.1) is 0 Å². The van der Waals surface area contributed by atoms with Gasteiger partial charge in [-0.05, 0) is 30.3 Å². The van der Waals surface area contributed by atoms with Crippen LogP contribution in [0.3, 0.4) is 0 Å². The molecule has 2 N–H and O–H groups in total. The predicted octanol–water partition coefficient (Wildman–Crippen LogP) is 1.86. The number of aromatic amines is 1. The maximum atomic E-state index is 12.4. The molecule has 0 unspecified atom stereocenters. The second-order valence-electron chi connectivity index (χ2n) is 5.78. The van der Waals surface area contributed by atoms with Gasteiger partial charge in [0.15, 0.2) is 5.58 Å². The second kappa shape index (κ2) is 6.32. The van der Waals surface area contributed by atoms with Gasteiger partial charge in [0, 0.05) is 18.7 Å². The molecule has 0 radical (unpaired) electrons. The van der Waals surface area contributed by atoms with Gasteiger partial charge >= 0.3 is 5.76 Å².